The smallest absolute Gasteiger partial charge is 0.109 e. The number of rotatable bonds is 6. The number of ether oxygens (including phenoxy) is 1. The fourth-order valence-electron chi connectivity index (χ4n) is 2.22. The van der Waals surface area contributed by atoms with Crippen molar-refractivity contribution in [1.82, 2.24) is 9.80 Å². The molecular formula is C11H25N3O3. The first-order valence-electron chi connectivity index (χ1n) is 6.00. The van der Waals surface area contributed by atoms with Gasteiger partial charge in [0.25, 0.3) is 0 Å². The van der Waals surface area contributed by atoms with Crippen LogP contribution < -0.4 is 5.73 Å². The number of aliphatic hydroxyl groups is 2. The van der Waals surface area contributed by atoms with Crippen LogP contribution in [0.2, 0.25) is 0 Å². The van der Waals surface area contributed by atoms with Gasteiger partial charge in [-0.25, -0.2) is 0 Å². The van der Waals surface area contributed by atoms with E-state index in [1.54, 1.807) is 0 Å². The fraction of sp³-hybridized carbons (Fsp3) is 1.00. The number of hydrogen-bond donors (Lipinski definition) is 3. The molecule has 6 nitrogen and oxygen atoms in total. The van der Waals surface area contributed by atoms with Gasteiger partial charge in [-0.3, -0.25) is 4.90 Å². The highest BCUT2D eigenvalue weighted by Gasteiger charge is 2.44. The fourth-order valence-corrected chi connectivity index (χ4v) is 2.22. The van der Waals surface area contributed by atoms with E-state index < -0.39 is 12.2 Å². The summed E-state index contributed by atoms with van der Waals surface area (Å²) >= 11 is 0. The summed E-state index contributed by atoms with van der Waals surface area (Å²) in [6.07, 6.45) is -1.41. The van der Waals surface area contributed by atoms with Crippen LogP contribution in [0.15, 0.2) is 0 Å². The lowest BCUT2D eigenvalue weighted by Gasteiger charge is -2.30. The van der Waals surface area contributed by atoms with Crippen LogP contribution in [-0.4, -0.2) is 91.8 Å². The molecule has 4 atom stereocenters. The van der Waals surface area contributed by atoms with Crippen LogP contribution in [0.5, 0.6) is 0 Å². The minimum Gasteiger partial charge on any atom is -0.394 e. The first-order valence-corrected chi connectivity index (χ1v) is 6.00. The summed E-state index contributed by atoms with van der Waals surface area (Å²) in [5, 5.41) is 19.2. The maximum atomic E-state index is 10.1. The molecule has 1 rings (SSSR count). The molecule has 1 aliphatic heterocycles. The predicted molar refractivity (Wildman–Crippen MR) is 65.8 cm³/mol. The minimum absolute atomic E-state index is 0.142. The van der Waals surface area contributed by atoms with Crippen LogP contribution >= 0.6 is 0 Å². The molecule has 1 heterocycles. The predicted octanol–water partition coefficient (Wildman–Crippen LogP) is -2.07. The van der Waals surface area contributed by atoms with Crippen molar-refractivity contribution in [2.45, 2.75) is 24.4 Å². The molecule has 0 bridgehead atoms. The lowest BCUT2D eigenvalue weighted by Crippen LogP contribution is -2.50. The maximum absolute atomic E-state index is 10.1. The van der Waals surface area contributed by atoms with Crippen molar-refractivity contribution in [3.05, 3.63) is 0 Å². The van der Waals surface area contributed by atoms with Gasteiger partial charge in [0.15, 0.2) is 0 Å². The summed E-state index contributed by atoms with van der Waals surface area (Å²) < 4.78 is 5.53. The van der Waals surface area contributed by atoms with Gasteiger partial charge >= 0.3 is 0 Å². The highest BCUT2D eigenvalue weighted by Crippen LogP contribution is 2.24. The van der Waals surface area contributed by atoms with E-state index in [1.165, 1.54) is 0 Å². The largest absolute Gasteiger partial charge is 0.394 e. The Balaban J connectivity index is 2.59. The summed E-state index contributed by atoms with van der Waals surface area (Å²) in [7, 11) is 5.96. The molecule has 6 heteroatoms. The molecule has 1 fully saturated rings. The molecule has 0 aromatic heterocycles. The third-order valence-electron chi connectivity index (χ3n) is 3.28. The zero-order valence-corrected chi connectivity index (χ0v) is 10.9. The van der Waals surface area contributed by atoms with E-state index in [4.69, 9.17) is 15.6 Å². The van der Waals surface area contributed by atoms with Crippen LogP contribution in [0.1, 0.15) is 0 Å². The van der Waals surface area contributed by atoms with Crippen molar-refractivity contribution < 1.29 is 14.9 Å². The SMILES string of the molecule is CN(C)CCN(C)[C@@H]1[C@H](O)[C@H](CO)O[C@@H]1CN. The zero-order chi connectivity index (χ0) is 13.0. The van der Waals surface area contributed by atoms with Crippen LogP contribution in [0.25, 0.3) is 0 Å². The molecule has 17 heavy (non-hydrogen) atoms. The maximum Gasteiger partial charge on any atom is 0.109 e. The van der Waals surface area contributed by atoms with E-state index in [2.05, 4.69) is 9.80 Å². The summed E-state index contributed by atoms with van der Waals surface area (Å²) in [5.41, 5.74) is 5.64. The van der Waals surface area contributed by atoms with Crippen molar-refractivity contribution in [2.75, 3.05) is 47.4 Å². The number of hydrogen-bond acceptors (Lipinski definition) is 6. The van der Waals surface area contributed by atoms with Crippen molar-refractivity contribution in [1.29, 1.82) is 0 Å². The first-order chi connectivity index (χ1) is 8.01. The van der Waals surface area contributed by atoms with Crippen molar-refractivity contribution >= 4 is 0 Å². The number of nitrogens with two attached hydrogens (primary N) is 1. The molecule has 1 aliphatic rings. The van der Waals surface area contributed by atoms with Gasteiger partial charge < -0.3 is 25.6 Å². The van der Waals surface area contributed by atoms with Crippen LogP contribution in [0.3, 0.4) is 0 Å². The molecular weight excluding hydrogens is 222 g/mol. The lowest BCUT2D eigenvalue weighted by atomic mass is 10.0. The van der Waals surface area contributed by atoms with E-state index in [-0.39, 0.29) is 18.8 Å². The Morgan fingerprint density at radius 2 is 1.82 bits per heavy atom. The first kappa shape index (κ1) is 14.8. The standard InChI is InChI=1S/C11H25N3O3/c1-13(2)4-5-14(3)10-8(6-12)17-9(7-15)11(10)16/h8-11,15-16H,4-7,12H2,1-3H3/t8-,9+,10+,11-/m1/s1. The van der Waals surface area contributed by atoms with Gasteiger partial charge in [-0.2, -0.15) is 0 Å². The molecule has 0 saturated carbocycles. The summed E-state index contributed by atoms with van der Waals surface area (Å²) in [6, 6.07) is -0.142. The molecule has 0 spiro atoms. The Kier molecular flexibility index (Phi) is 5.78. The Hall–Kier alpha value is -0.240. The van der Waals surface area contributed by atoms with E-state index in [9.17, 15) is 5.11 Å². The summed E-state index contributed by atoms with van der Waals surface area (Å²) in [5.74, 6) is 0. The van der Waals surface area contributed by atoms with Gasteiger partial charge in [0.05, 0.1) is 18.8 Å². The molecule has 0 aromatic carbocycles. The van der Waals surface area contributed by atoms with Gasteiger partial charge in [-0.05, 0) is 21.1 Å². The van der Waals surface area contributed by atoms with Crippen LogP contribution in [0.4, 0.5) is 0 Å². The molecule has 0 unspecified atom stereocenters. The van der Waals surface area contributed by atoms with Crippen molar-refractivity contribution in [3.63, 3.8) is 0 Å². The highest BCUT2D eigenvalue weighted by atomic mass is 16.5. The molecule has 102 valence electrons. The average molecular weight is 247 g/mol. The van der Waals surface area contributed by atoms with E-state index in [0.717, 1.165) is 13.1 Å². The van der Waals surface area contributed by atoms with Gasteiger partial charge in [0.2, 0.25) is 0 Å². The van der Waals surface area contributed by atoms with Gasteiger partial charge in [-0.15, -0.1) is 0 Å². The Bertz CT molecular complexity index is 226. The lowest BCUT2D eigenvalue weighted by molar-refractivity contribution is -0.0193. The van der Waals surface area contributed by atoms with E-state index in [0.29, 0.717) is 6.54 Å². The van der Waals surface area contributed by atoms with Crippen molar-refractivity contribution in [3.8, 4) is 0 Å². The van der Waals surface area contributed by atoms with Gasteiger partial charge in [0.1, 0.15) is 12.2 Å². The normalized spacial score (nSPS) is 33.9. The Morgan fingerprint density at radius 1 is 1.18 bits per heavy atom. The quantitative estimate of drug-likeness (QED) is 0.500. The molecule has 4 N–H and O–H groups in total. The number of aliphatic hydroxyl groups excluding tert-OH is 2. The second-order valence-corrected chi connectivity index (χ2v) is 4.90. The molecule has 0 aliphatic carbocycles. The molecule has 0 amide bonds. The van der Waals surface area contributed by atoms with E-state index >= 15 is 0 Å². The summed E-state index contributed by atoms with van der Waals surface area (Å²) in [6.45, 7) is 1.91. The van der Waals surface area contributed by atoms with Crippen LogP contribution in [0, 0.1) is 0 Å². The Labute approximate surface area is 103 Å². The Morgan fingerprint density at radius 3 is 2.29 bits per heavy atom. The monoisotopic (exact) mass is 247 g/mol. The third-order valence-corrected chi connectivity index (χ3v) is 3.28. The van der Waals surface area contributed by atoms with Gasteiger partial charge in [-0.1, -0.05) is 0 Å². The number of likely N-dealkylation sites (N-methyl/N-ethyl adjacent to an activating group) is 2. The summed E-state index contributed by atoms with van der Waals surface area (Å²) in [4.78, 5) is 4.14. The van der Waals surface area contributed by atoms with Crippen LogP contribution in [-0.2, 0) is 4.74 Å². The molecule has 0 radical (unpaired) electrons. The highest BCUT2D eigenvalue weighted by molar-refractivity contribution is 4.96. The van der Waals surface area contributed by atoms with E-state index in [1.807, 2.05) is 21.1 Å². The second kappa shape index (κ2) is 6.63. The van der Waals surface area contributed by atoms with Crippen molar-refractivity contribution in [2.24, 2.45) is 5.73 Å². The zero-order valence-electron chi connectivity index (χ0n) is 10.9. The number of nitrogens with zero attached hydrogens (tertiary/aromatic N) is 2. The molecule has 1 saturated heterocycles. The molecule has 0 aromatic rings. The van der Waals surface area contributed by atoms with Gasteiger partial charge in [0, 0.05) is 19.6 Å². The minimum atomic E-state index is -0.680. The third kappa shape index (κ3) is 3.61. The topological polar surface area (TPSA) is 82.2 Å². The second-order valence-electron chi connectivity index (χ2n) is 4.90. The average Bonchev–Trinajstić information content (AvgIpc) is 2.62.